The molecule has 0 amide bonds. The highest BCUT2D eigenvalue weighted by atomic mass is 16.3. The van der Waals surface area contributed by atoms with E-state index in [1.807, 2.05) is 0 Å². The van der Waals surface area contributed by atoms with E-state index >= 15 is 0 Å². The summed E-state index contributed by atoms with van der Waals surface area (Å²) in [6.45, 7) is 0.842. The fraction of sp³-hybridized carbons (Fsp3) is 0.400. The minimum absolute atomic E-state index is 0.181. The van der Waals surface area contributed by atoms with Crippen LogP contribution in [0.3, 0.4) is 0 Å². The van der Waals surface area contributed by atoms with E-state index in [9.17, 15) is 30.0 Å². The van der Waals surface area contributed by atoms with E-state index in [4.69, 9.17) is 0 Å². The van der Waals surface area contributed by atoms with Gasteiger partial charge < -0.3 is 30.7 Å². The molecule has 2 aromatic carbocycles. The lowest BCUT2D eigenvalue weighted by Gasteiger charge is -2.28. The fourth-order valence-corrected chi connectivity index (χ4v) is 5.23. The smallest absolute Gasteiger partial charge is 0.196 e. The molecule has 2 aliphatic rings. The first-order valence-corrected chi connectivity index (χ1v) is 11.7. The Hall–Kier alpha value is -2.99. The zero-order valence-corrected chi connectivity index (χ0v) is 19.0. The van der Waals surface area contributed by atoms with Gasteiger partial charge in [0, 0.05) is 23.2 Å². The van der Waals surface area contributed by atoms with Crippen molar-refractivity contribution in [2.75, 3.05) is 26.3 Å². The van der Waals surface area contributed by atoms with Crippen LogP contribution < -0.4 is 5.32 Å². The number of benzene rings is 2. The third-order valence-electron chi connectivity index (χ3n) is 7.02. The Balaban J connectivity index is 1.25. The average molecular weight is 481 g/mol. The monoisotopic (exact) mass is 480 g/mol. The summed E-state index contributed by atoms with van der Waals surface area (Å²) < 4.78 is 0. The number of hydrogen-bond donors (Lipinski definition) is 6. The average Bonchev–Trinajstić information content (AvgIpc) is 3.39. The minimum Gasteiger partial charge on any atom is -0.395 e. The van der Waals surface area contributed by atoms with Gasteiger partial charge in [-0.3, -0.25) is 14.5 Å². The number of aromatic nitrogens is 2. The summed E-state index contributed by atoms with van der Waals surface area (Å²) in [6.07, 6.45) is -1.56. The second-order valence-corrected chi connectivity index (χ2v) is 9.02. The predicted molar refractivity (Wildman–Crippen MR) is 126 cm³/mol. The van der Waals surface area contributed by atoms with Crippen LogP contribution in [0.2, 0.25) is 0 Å². The van der Waals surface area contributed by atoms with Crippen molar-refractivity contribution < 1.29 is 30.0 Å². The van der Waals surface area contributed by atoms with E-state index in [1.54, 1.807) is 41.3 Å². The second kappa shape index (κ2) is 9.57. The number of fused-ring (bicyclic) bond motifs is 4. The number of imidazole rings is 1. The molecule has 184 valence electrons. The van der Waals surface area contributed by atoms with Gasteiger partial charge >= 0.3 is 0 Å². The number of carbonyl (C=O) groups excluding carboxylic acids is 2. The van der Waals surface area contributed by atoms with Crippen molar-refractivity contribution in [3.63, 3.8) is 0 Å². The Morgan fingerprint density at radius 1 is 0.914 bits per heavy atom. The summed E-state index contributed by atoms with van der Waals surface area (Å²) in [5.41, 5.74) is 2.64. The van der Waals surface area contributed by atoms with Crippen LogP contribution >= 0.6 is 0 Å². The van der Waals surface area contributed by atoms with Gasteiger partial charge in [-0.1, -0.05) is 24.3 Å². The fourth-order valence-electron chi connectivity index (χ4n) is 5.23. The van der Waals surface area contributed by atoms with Crippen molar-refractivity contribution in [2.45, 2.75) is 37.3 Å². The highest BCUT2D eigenvalue weighted by Gasteiger charge is 2.46. The van der Waals surface area contributed by atoms with Crippen molar-refractivity contribution in [3.05, 3.63) is 64.5 Å². The Bertz CT molecular complexity index is 1260. The maximum Gasteiger partial charge on any atom is 0.196 e. The molecule has 1 aromatic heterocycles. The van der Waals surface area contributed by atoms with Gasteiger partial charge in [-0.15, -0.1) is 0 Å². The van der Waals surface area contributed by atoms with Gasteiger partial charge in [0.25, 0.3) is 0 Å². The Morgan fingerprint density at radius 3 is 2.23 bits per heavy atom. The number of carbonyl (C=O) groups is 2. The van der Waals surface area contributed by atoms with E-state index < -0.39 is 24.3 Å². The molecule has 0 spiro atoms. The van der Waals surface area contributed by atoms with Crippen molar-refractivity contribution in [1.29, 1.82) is 0 Å². The van der Waals surface area contributed by atoms with E-state index in [-0.39, 0.29) is 24.8 Å². The molecule has 0 unspecified atom stereocenters. The first-order valence-electron chi connectivity index (χ1n) is 11.7. The predicted octanol–water partition coefficient (Wildman–Crippen LogP) is -0.423. The number of nitrogens with zero attached hydrogens (tertiary/aromatic N) is 2. The van der Waals surface area contributed by atoms with Crippen molar-refractivity contribution in [1.82, 2.24) is 20.2 Å². The van der Waals surface area contributed by atoms with Gasteiger partial charge in [0.1, 0.15) is 11.3 Å². The van der Waals surface area contributed by atoms with Crippen LogP contribution in [0, 0.1) is 0 Å². The third-order valence-corrected chi connectivity index (χ3v) is 7.02. The molecule has 0 saturated carbocycles. The first kappa shape index (κ1) is 23.7. The molecule has 35 heavy (non-hydrogen) atoms. The van der Waals surface area contributed by atoms with Gasteiger partial charge in [0.2, 0.25) is 0 Å². The van der Waals surface area contributed by atoms with Crippen LogP contribution in [0.15, 0.2) is 36.4 Å². The molecule has 0 bridgehead atoms. The van der Waals surface area contributed by atoms with E-state index in [1.165, 1.54) is 0 Å². The summed E-state index contributed by atoms with van der Waals surface area (Å²) in [5.74, 6) is 0.235. The number of aliphatic hydroxyl groups excluding tert-OH is 4. The van der Waals surface area contributed by atoms with Crippen LogP contribution in [0.4, 0.5) is 0 Å². The van der Waals surface area contributed by atoms with Crippen molar-refractivity contribution in [2.24, 2.45) is 0 Å². The molecule has 10 heteroatoms. The number of nitrogens with one attached hydrogen (secondary N) is 2. The zero-order valence-electron chi connectivity index (χ0n) is 19.0. The SMILES string of the molecule is O=C1c2ccccc2C(=O)c2c1ccc1[nH]c(CNCCCN3[C@@H](CO)[C@@H](O)[C@H](O)[C@@H]3CO)nc21. The molecule has 0 radical (unpaired) electrons. The highest BCUT2D eigenvalue weighted by molar-refractivity contribution is 6.31. The number of likely N-dealkylation sites (tertiary alicyclic amines) is 1. The Kier molecular flexibility index (Phi) is 6.49. The maximum atomic E-state index is 13.2. The first-order chi connectivity index (χ1) is 17.0. The zero-order chi connectivity index (χ0) is 24.7. The second-order valence-electron chi connectivity index (χ2n) is 9.02. The largest absolute Gasteiger partial charge is 0.395 e. The van der Waals surface area contributed by atoms with Crippen LogP contribution in [-0.2, 0) is 6.54 Å². The topological polar surface area (TPSA) is 159 Å². The minimum atomic E-state index is -1.10. The van der Waals surface area contributed by atoms with Gasteiger partial charge in [0.05, 0.1) is 55.1 Å². The summed E-state index contributed by atoms with van der Waals surface area (Å²) in [6, 6.07) is 9.00. The normalized spacial score (nSPS) is 24.2. The molecule has 4 atom stereocenters. The summed E-state index contributed by atoms with van der Waals surface area (Å²) in [7, 11) is 0. The number of hydrogen-bond acceptors (Lipinski definition) is 9. The van der Waals surface area contributed by atoms with Crippen LogP contribution in [-0.4, -0.2) is 97.5 Å². The third kappa shape index (κ3) is 3.98. The molecule has 1 aliphatic carbocycles. The number of aliphatic hydroxyl groups is 4. The molecule has 6 N–H and O–H groups in total. The molecule has 1 saturated heterocycles. The van der Waals surface area contributed by atoms with E-state index in [0.717, 1.165) is 0 Å². The lowest BCUT2D eigenvalue weighted by molar-refractivity contribution is 0.0130. The molecule has 1 fully saturated rings. The van der Waals surface area contributed by atoms with Gasteiger partial charge in [-0.05, 0) is 25.1 Å². The number of H-pyrrole nitrogens is 1. The quantitative estimate of drug-likeness (QED) is 0.184. The van der Waals surface area contributed by atoms with E-state index in [0.29, 0.717) is 65.2 Å². The van der Waals surface area contributed by atoms with Crippen molar-refractivity contribution >= 4 is 22.6 Å². The molecule has 3 aromatic rings. The Labute approximate surface area is 201 Å². The Morgan fingerprint density at radius 2 is 1.57 bits per heavy atom. The number of aromatic amines is 1. The van der Waals surface area contributed by atoms with Crippen molar-refractivity contribution in [3.8, 4) is 0 Å². The summed E-state index contributed by atoms with van der Waals surface area (Å²) >= 11 is 0. The molecular weight excluding hydrogens is 452 g/mol. The molecule has 10 nitrogen and oxygen atoms in total. The molecule has 5 rings (SSSR count). The summed E-state index contributed by atoms with van der Waals surface area (Å²) in [5, 5.41) is 42.6. The lowest BCUT2D eigenvalue weighted by Crippen LogP contribution is -2.44. The van der Waals surface area contributed by atoms with Gasteiger partial charge in [-0.25, -0.2) is 4.98 Å². The molecule has 2 heterocycles. The van der Waals surface area contributed by atoms with Crippen LogP contribution in [0.1, 0.15) is 44.1 Å². The molecule has 1 aliphatic heterocycles. The summed E-state index contributed by atoms with van der Waals surface area (Å²) in [4.78, 5) is 35.6. The van der Waals surface area contributed by atoms with Crippen LogP contribution in [0.25, 0.3) is 11.0 Å². The number of ketones is 2. The highest BCUT2D eigenvalue weighted by Crippen LogP contribution is 2.31. The van der Waals surface area contributed by atoms with Gasteiger partial charge in [-0.2, -0.15) is 0 Å². The van der Waals surface area contributed by atoms with Gasteiger partial charge in [0.15, 0.2) is 11.6 Å². The number of rotatable bonds is 8. The standard InChI is InChI=1S/C25H28N4O6/c30-11-17-24(34)25(35)18(12-31)29(17)9-3-8-26-10-19-27-16-7-6-15-20(21(16)28-19)23(33)14-5-2-1-4-13(14)22(15)32/h1-2,4-7,17-18,24-26,30-31,34-35H,3,8-12H2,(H,27,28)/t17-,18-,24+,25+/m0/s1. The maximum absolute atomic E-state index is 13.2. The van der Waals surface area contributed by atoms with Crippen LogP contribution in [0.5, 0.6) is 0 Å². The molecular formula is C25H28N4O6. The lowest BCUT2D eigenvalue weighted by atomic mass is 9.83. The van der Waals surface area contributed by atoms with E-state index in [2.05, 4.69) is 15.3 Å².